The number of pyridine rings is 2. The molecule has 0 aliphatic rings. The second kappa shape index (κ2) is 8.29. The number of tetrazole rings is 1. The van der Waals surface area contributed by atoms with Gasteiger partial charge < -0.3 is 0 Å². The average Bonchev–Trinajstić information content (AvgIpc) is 3.19. The van der Waals surface area contributed by atoms with E-state index in [0.29, 0.717) is 12.5 Å². The van der Waals surface area contributed by atoms with Crippen LogP contribution in [0.15, 0.2) is 79.4 Å². The van der Waals surface area contributed by atoms with Crippen molar-refractivity contribution in [3.8, 4) is 11.4 Å². The summed E-state index contributed by atoms with van der Waals surface area (Å²) in [5.74, 6) is 0.626. The number of hydrogen-bond acceptors (Lipinski definition) is 6. The smallest absolute Gasteiger partial charge is 0.204 e. The zero-order valence-corrected chi connectivity index (χ0v) is 14.8. The lowest BCUT2D eigenvalue weighted by Crippen LogP contribution is -2.27. The minimum atomic E-state index is 0.525. The highest BCUT2D eigenvalue weighted by molar-refractivity contribution is 5.52. The Labute approximate surface area is 157 Å². The van der Waals surface area contributed by atoms with Gasteiger partial charge in [-0.2, -0.15) is 0 Å². The van der Waals surface area contributed by atoms with Crippen LogP contribution in [0.25, 0.3) is 11.4 Å². The fourth-order valence-electron chi connectivity index (χ4n) is 2.84. The van der Waals surface area contributed by atoms with Crippen molar-refractivity contribution in [3.05, 3.63) is 90.5 Å². The van der Waals surface area contributed by atoms with Crippen LogP contribution in [0.4, 0.5) is 0 Å². The largest absolute Gasteiger partial charge is 0.274 e. The standard InChI is InChI=1S/C20H19N7/c1-2-6-19(7-3-1)20-23-25-27(24-20)16-26(14-17-8-11-21-12-9-17)15-18-5-4-10-22-13-18/h1-13H,14-16H2. The SMILES string of the molecule is c1ccc(-c2nnn(CN(Cc3ccncc3)Cc3cccnc3)n2)cc1. The van der Waals surface area contributed by atoms with Gasteiger partial charge in [0.1, 0.15) is 6.67 Å². The van der Waals surface area contributed by atoms with E-state index in [1.54, 1.807) is 23.4 Å². The minimum absolute atomic E-state index is 0.525. The van der Waals surface area contributed by atoms with Crippen molar-refractivity contribution >= 4 is 0 Å². The van der Waals surface area contributed by atoms with E-state index in [1.807, 2.05) is 54.7 Å². The van der Waals surface area contributed by atoms with Gasteiger partial charge in [0.2, 0.25) is 5.82 Å². The Morgan fingerprint density at radius 1 is 0.778 bits per heavy atom. The maximum Gasteiger partial charge on any atom is 0.204 e. The quantitative estimate of drug-likeness (QED) is 0.506. The highest BCUT2D eigenvalue weighted by Crippen LogP contribution is 2.13. The van der Waals surface area contributed by atoms with Gasteiger partial charge in [0.05, 0.1) is 0 Å². The average molecular weight is 357 g/mol. The molecule has 4 aromatic rings. The zero-order valence-electron chi connectivity index (χ0n) is 14.8. The molecule has 134 valence electrons. The molecule has 0 radical (unpaired) electrons. The Morgan fingerprint density at radius 2 is 1.59 bits per heavy atom. The van der Waals surface area contributed by atoms with E-state index in [1.165, 1.54) is 5.56 Å². The summed E-state index contributed by atoms with van der Waals surface area (Å²) in [6, 6.07) is 17.9. The molecule has 0 unspecified atom stereocenters. The summed E-state index contributed by atoms with van der Waals surface area (Å²) in [6.45, 7) is 2.01. The molecular formula is C20H19N7. The Kier molecular flexibility index (Phi) is 5.21. The van der Waals surface area contributed by atoms with Gasteiger partial charge in [-0.1, -0.05) is 36.4 Å². The van der Waals surface area contributed by atoms with Crippen molar-refractivity contribution in [1.29, 1.82) is 0 Å². The van der Waals surface area contributed by atoms with E-state index in [0.717, 1.165) is 24.2 Å². The molecule has 1 aromatic carbocycles. The number of hydrogen-bond donors (Lipinski definition) is 0. The van der Waals surface area contributed by atoms with Crippen LogP contribution in [0.3, 0.4) is 0 Å². The Bertz CT molecular complexity index is 914. The summed E-state index contributed by atoms with van der Waals surface area (Å²) in [5.41, 5.74) is 3.27. The van der Waals surface area contributed by atoms with Gasteiger partial charge >= 0.3 is 0 Å². The van der Waals surface area contributed by atoms with E-state index in [2.05, 4.69) is 36.3 Å². The van der Waals surface area contributed by atoms with Crippen LogP contribution in [-0.2, 0) is 19.8 Å². The molecule has 7 nitrogen and oxygen atoms in total. The molecule has 0 atom stereocenters. The molecule has 0 fully saturated rings. The van der Waals surface area contributed by atoms with Gasteiger partial charge in [0, 0.05) is 43.4 Å². The molecule has 3 aromatic heterocycles. The van der Waals surface area contributed by atoms with Crippen LogP contribution in [-0.4, -0.2) is 35.1 Å². The van der Waals surface area contributed by atoms with E-state index < -0.39 is 0 Å². The third-order valence-electron chi connectivity index (χ3n) is 4.10. The van der Waals surface area contributed by atoms with Crippen molar-refractivity contribution in [1.82, 2.24) is 35.1 Å². The minimum Gasteiger partial charge on any atom is -0.274 e. The maximum atomic E-state index is 4.53. The topological polar surface area (TPSA) is 72.6 Å². The Morgan fingerprint density at radius 3 is 2.37 bits per heavy atom. The number of benzene rings is 1. The monoisotopic (exact) mass is 357 g/mol. The first-order valence-corrected chi connectivity index (χ1v) is 8.70. The van der Waals surface area contributed by atoms with Gasteiger partial charge in [-0.15, -0.1) is 15.0 Å². The highest BCUT2D eigenvalue weighted by atomic mass is 15.6. The first-order chi connectivity index (χ1) is 13.4. The lowest BCUT2D eigenvalue weighted by molar-refractivity contribution is 0.175. The fourth-order valence-corrected chi connectivity index (χ4v) is 2.84. The third-order valence-corrected chi connectivity index (χ3v) is 4.10. The predicted octanol–water partition coefficient (Wildman–Crippen LogP) is 2.79. The second-order valence-electron chi connectivity index (χ2n) is 6.20. The van der Waals surface area contributed by atoms with E-state index in [-0.39, 0.29) is 0 Å². The number of rotatable bonds is 7. The van der Waals surface area contributed by atoms with Crippen LogP contribution in [0.5, 0.6) is 0 Å². The van der Waals surface area contributed by atoms with Gasteiger partial charge in [-0.05, 0) is 34.5 Å². The molecule has 0 spiro atoms. The van der Waals surface area contributed by atoms with Crippen LogP contribution in [0.1, 0.15) is 11.1 Å². The van der Waals surface area contributed by atoms with Crippen molar-refractivity contribution in [2.75, 3.05) is 0 Å². The molecule has 27 heavy (non-hydrogen) atoms. The molecule has 7 heteroatoms. The molecule has 4 rings (SSSR count). The zero-order chi connectivity index (χ0) is 18.3. The predicted molar refractivity (Wildman–Crippen MR) is 101 cm³/mol. The number of aromatic nitrogens is 6. The number of nitrogens with zero attached hydrogens (tertiary/aromatic N) is 7. The van der Waals surface area contributed by atoms with E-state index in [9.17, 15) is 0 Å². The van der Waals surface area contributed by atoms with Gasteiger partial charge in [-0.25, -0.2) is 0 Å². The summed E-state index contributed by atoms with van der Waals surface area (Å²) in [4.78, 5) is 12.2. The van der Waals surface area contributed by atoms with Gasteiger partial charge in [0.15, 0.2) is 0 Å². The summed E-state index contributed by atoms with van der Waals surface area (Å²) < 4.78 is 0. The molecule has 0 amide bonds. The van der Waals surface area contributed by atoms with Crippen LogP contribution in [0.2, 0.25) is 0 Å². The second-order valence-corrected chi connectivity index (χ2v) is 6.20. The molecule has 0 saturated carbocycles. The lowest BCUT2D eigenvalue weighted by atomic mass is 10.2. The van der Waals surface area contributed by atoms with E-state index >= 15 is 0 Å². The van der Waals surface area contributed by atoms with Crippen molar-refractivity contribution in [3.63, 3.8) is 0 Å². The normalized spacial score (nSPS) is 11.0. The van der Waals surface area contributed by atoms with Gasteiger partial charge in [-0.3, -0.25) is 14.9 Å². The highest BCUT2D eigenvalue weighted by Gasteiger charge is 2.12. The summed E-state index contributed by atoms with van der Waals surface area (Å²) in [5, 5.41) is 12.9. The third kappa shape index (κ3) is 4.59. The summed E-state index contributed by atoms with van der Waals surface area (Å²) in [6.07, 6.45) is 7.27. The van der Waals surface area contributed by atoms with Crippen molar-refractivity contribution in [2.24, 2.45) is 0 Å². The lowest BCUT2D eigenvalue weighted by Gasteiger charge is -2.21. The molecule has 0 aliphatic carbocycles. The first kappa shape index (κ1) is 17.0. The molecule has 0 N–H and O–H groups in total. The maximum absolute atomic E-state index is 4.53. The molecule has 0 aliphatic heterocycles. The molecule has 3 heterocycles. The van der Waals surface area contributed by atoms with Crippen LogP contribution >= 0.6 is 0 Å². The van der Waals surface area contributed by atoms with E-state index in [4.69, 9.17) is 0 Å². The van der Waals surface area contributed by atoms with Crippen molar-refractivity contribution < 1.29 is 0 Å². The van der Waals surface area contributed by atoms with Gasteiger partial charge in [0.25, 0.3) is 0 Å². The molecule has 0 saturated heterocycles. The summed E-state index contributed by atoms with van der Waals surface area (Å²) >= 11 is 0. The Hall–Kier alpha value is -3.45. The summed E-state index contributed by atoms with van der Waals surface area (Å²) in [7, 11) is 0. The first-order valence-electron chi connectivity index (χ1n) is 8.70. The molecule has 0 bridgehead atoms. The fraction of sp³-hybridized carbons (Fsp3) is 0.150. The Balaban J connectivity index is 1.52. The van der Waals surface area contributed by atoms with Crippen molar-refractivity contribution in [2.45, 2.75) is 19.8 Å². The van der Waals surface area contributed by atoms with Crippen LogP contribution < -0.4 is 0 Å². The molecular weight excluding hydrogens is 338 g/mol. The van der Waals surface area contributed by atoms with Crippen LogP contribution in [0, 0.1) is 0 Å².